The Morgan fingerprint density at radius 2 is 1.13 bits per heavy atom. The van der Waals surface area contributed by atoms with Gasteiger partial charge in [-0.2, -0.15) is 10.5 Å². The molecule has 3 atom stereocenters. The Balaban J connectivity index is 1.50. The second kappa shape index (κ2) is 24.3. The lowest BCUT2D eigenvalue weighted by atomic mass is 9.69. The van der Waals surface area contributed by atoms with E-state index in [9.17, 15) is 29.7 Å². The van der Waals surface area contributed by atoms with E-state index in [-0.39, 0.29) is 47.7 Å². The van der Waals surface area contributed by atoms with Gasteiger partial charge in [-0.1, -0.05) is 133 Å². The number of fused-ring (bicyclic) bond motifs is 2. The van der Waals surface area contributed by atoms with E-state index in [1.54, 1.807) is 13.8 Å². The van der Waals surface area contributed by atoms with E-state index in [0.29, 0.717) is 71.0 Å². The second-order valence-electron chi connectivity index (χ2n) is 17.1. The van der Waals surface area contributed by atoms with Crippen LogP contribution in [0, 0.1) is 64.1 Å². The fourth-order valence-corrected chi connectivity index (χ4v) is 14.6. The van der Waals surface area contributed by atoms with E-state index in [0.717, 1.165) is 78.6 Å². The number of carbonyl (C=O) groups is 4. The van der Waals surface area contributed by atoms with Crippen LogP contribution in [0.4, 0.5) is 0 Å². The molecule has 2 fully saturated rings. The quantitative estimate of drug-likeness (QED) is 0.0425. The van der Waals surface area contributed by atoms with Crippen LogP contribution in [0.3, 0.4) is 0 Å². The largest absolute Gasteiger partial charge is 0.462 e. The van der Waals surface area contributed by atoms with Crippen LogP contribution in [0.5, 0.6) is 11.5 Å². The van der Waals surface area contributed by atoms with Crippen LogP contribution >= 0.6 is 47.0 Å². The summed E-state index contributed by atoms with van der Waals surface area (Å²) in [4.78, 5) is 56.2. The molecule has 10 nitrogen and oxygen atoms in total. The molecule has 62 heavy (non-hydrogen) atoms. The van der Waals surface area contributed by atoms with E-state index in [4.69, 9.17) is 18.9 Å². The molecule has 14 heteroatoms. The minimum absolute atomic E-state index is 0.0696. The smallest absolute Gasteiger partial charge is 0.350 e. The molecule has 1 aromatic rings. The first-order valence-electron chi connectivity index (χ1n) is 22.9. The van der Waals surface area contributed by atoms with Crippen LogP contribution < -0.4 is 9.47 Å². The highest BCUT2D eigenvalue weighted by Crippen LogP contribution is 2.68. The molecule has 0 N–H and O–H groups in total. The van der Waals surface area contributed by atoms with Crippen molar-refractivity contribution in [3.05, 3.63) is 19.6 Å². The van der Waals surface area contributed by atoms with Crippen molar-refractivity contribution in [2.75, 3.05) is 13.2 Å². The molecule has 2 heterocycles. The fourth-order valence-electron chi connectivity index (χ4n) is 9.24. The Bertz CT molecular complexity index is 1870. The van der Waals surface area contributed by atoms with Gasteiger partial charge in [0.15, 0.2) is 22.6 Å². The molecule has 2 aliphatic heterocycles. The van der Waals surface area contributed by atoms with E-state index in [1.807, 2.05) is 19.1 Å². The second-order valence-corrected chi connectivity index (χ2v) is 21.7. The first kappa shape index (κ1) is 50.0. The Labute approximate surface area is 386 Å². The van der Waals surface area contributed by atoms with Gasteiger partial charge >= 0.3 is 23.9 Å². The standard InChI is InChI=1S/C48H64N2O8S4/c1-8-13-14-15-31(10-3)28(6)16-17-29(7)43(51)57-37-39-41(61-47(59-39)35(26-49)45(53)55-11-4)38(42-40(37)60-48(62-42)36(27-50)46(54)56-12-5)58-44(52)34-24-22-33(23-25-34)32-20-18-30(9-2)19-21-32/h28-34H,8-25H2,1-7H3/b47-35-,48-36+. The van der Waals surface area contributed by atoms with Gasteiger partial charge in [-0.25, -0.2) is 9.59 Å². The van der Waals surface area contributed by atoms with Crippen molar-refractivity contribution in [1.82, 2.24) is 0 Å². The van der Waals surface area contributed by atoms with Crippen molar-refractivity contribution in [2.45, 2.75) is 171 Å². The first-order valence-corrected chi connectivity index (χ1v) is 26.2. The number of benzene rings is 1. The number of unbranched alkanes of at least 4 members (excludes halogenated alkanes) is 2. The lowest BCUT2D eigenvalue weighted by Gasteiger charge is -2.37. The molecule has 0 spiro atoms. The fraction of sp³-hybridized carbons (Fsp3) is 0.667. The molecule has 1 aromatic carbocycles. The summed E-state index contributed by atoms with van der Waals surface area (Å²) in [6, 6.07) is 4.00. The minimum Gasteiger partial charge on any atom is -0.462 e. The molecule has 4 aliphatic rings. The van der Waals surface area contributed by atoms with Crippen molar-refractivity contribution < 1.29 is 38.1 Å². The first-order chi connectivity index (χ1) is 29.9. The van der Waals surface area contributed by atoms with Crippen molar-refractivity contribution >= 4 is 70.9 Å². The Hall–Kier alpha value is -3.04. The van der Waals surface area contributed by atoms with E-state index in [1.165, 1.54) is 57.8 Å². The van der Waals surface area contributed by atoms with E-state index >= 15 is 0 Å². The highest BCUT2D eigenvalue weighted by Gasteiger charge is 2.42. The molecule has 2 aliphatic carbocycles. The summed E-state index contributed by atoms with van der Waals surface area (Å²) in [5.74, 6) is 0.320. The van der Waals surface area contributed by atoms with Crippen LogP contribution in [0.1, 0.15) is 151 Å². The highest BCUT2D eigenvalue weighted by molar-refractivity contribution is 8.26. The summed E-state index contributed by atoms with van der Waals surface area (Å²) in [6.07, 6.45) is 17.0. The maximum Gasteiger partial charge on any atom is 0.350 e. The third kappa shape index (κ3) is 12.2. The molecule has 2 saturated carbocycles. The number of hydrogen-bond acceptors (Lipinski definition) is 14. The molecule has 5 rings (SSSR count). The molecular weight excluding hydrogens is 861 g/mol. The summed E-state index contributed by atoms with van der Waals surface area (Å²) in [7, 11) is 0. The predicted octanol–water partition coefficient (Wildman–Crippen LogP) is 13.2. The lowest BCUT2D eigenvalue weighted by Crippen LogP contribution is -2.30. The molecular formula is C48H64N2O8S4. The third-order valence-corrected chi connectivity index (χ3v) is 18.4. The number of thioether (sulfide) groups is 4. The number of carbonyl (C=O) groups excluding carboxylic acids is 4. The van der Waals surface area contributed by atoms with Crippen LogP contribution in [0.2, 0.25) is 0 Å². The number of nitriles is 2. The van der Waals surface area contributed by atoms with Crippen LogP contribution in [0.15, 0.2) is 39.2 Å². The van der Waals surface area contributed by atoms with Crippen LogP contribution in [-0.2, 0) is 28.7 Å². The van der Waals surface area contributed by atoms with Gasteiger partial charge in [0.1, 0.15) is 12.1 Å². The SMILES string of the molecule is CCCCCC(CC)C(C)CCC(C)C(=O)Oc1c2c(c(OC(=O)C3CCC(C4CCC(CC)CC4)CC3)c3c1S/C(=C(/C#N)C(=O)OCC)S3)S/C(=C(/C#N)C(=O)OCC)S2. The zero-order chi connectivity index (χ0) is 44.9. The number of ether oxygens (including phenoxy) is 4. The van der Waals surface area contributed by atoms with Gasteiger partial charge in [0.2, 0.25) is 0 Å². The Morgan fingerprint density at radius 1 is 0.645 bits per heavy atom. The molecule has 3 unspecified atom stereocenters. The average molecular weight is 925 g/mol. The van der Waals surface area contributed by atoms with Gasteiger partial charge in [0.25, 0.3) is 0 Å². The average Bonchev–Trinajstić information content (AvgIpc) is 3.92. The zero-order valence-corrected chi connectivity index (χ0v) is 40.8. The minimum atomic E-state index is -0.785. The Morgan fingerprint density at radius 3 is 1.56 bits per heavy atom. The van der Waals surface area contributed by atoms with Gasteiger partial charge in [0, 0.05) is 0 Å². The van der Waals surface area contributed by atoms with Crippen LogP contribution in [0.25, 0.3) is 0 Å². The van der Waals surface area contributed by atoms with E-state index in [2.05, 4.69) is 27.7 Å². The summed E-state index contributed by atoms with van der Waals surface area (Å²) in [5.41, 5.74) is -0.415. The summed E-state index contributed by atoms with van der Waals surface area (Å²) >= 11 is 4.34. The maximum atomic E-state index is 14.3. The van der Waals surface area contributed by atoms with Crippen molar-refractivity contribution in [3.8, 4) is 23.6 Å². The van der Waals surface area contributed by atoms with Crippen molar-refractivity contribution in [1.29, 1.82) is 10.5 Å². The number of rotatable bonds is 19. The molecule has 0 bridgehead atoms. The third-order valence-electron chi connectivity index (χ3n) is 13.2. The molecule has 0 aromatic heterocycles. The van der Waals surface area contributed by atoms with Gasteiger partial charge in [0.05, 0.1) is 53.1 Å². The van der Waals surface area contributed by atoms with Gasteiger partial charge in [-0.3, -0.25) is 9.59 Å². The van der Waals surface area contributed by atoms with Crippen molar-refractivity contribution in [3.63, 3.8) is 0 Å². The van der Waals surface area contributed by atoms with Crippen molar-refractivity contribution in [2.24, 2.45) is 41.4 Å². The zero-order valence-electron chi connectivity index (χ0n) is 37.6. The predicted molar refractivity (Wildman–Crippen MR) is 246 cm³/mol. The summed E-state index contributed by atoms with van der Waals surface area (Å²) < 4.78 is 23.9. The van der Waals surface area contributed by atoms with Gasteiger partial charge < -0.3 is 18.9 Å². The normalized spacial score (nSPS) is 23.7. The monoisotopic (exact) mass is 924 g/mol. The molecule has 0 radical (unpaired) electrons. The maximum absolute atomic E-state index is 14.3. The van der Waals surface area contributed by atoms with Gasteiger partial charge in [-0.15, -0.1) is 0 Å². The topological polar surface area (TPSA) is 153 Å². The highest BCUT2D eigenvalue weighted by atomic mass is 32.2. The molecule has 0 saturated heterocycles. The number of nitrogens with zero attached hydrogens (tertiary/aromatic N) is 2. The molecule has 338 valence electrons. The number of esters is 4. The lowest BCUT2D eigenvalue weighted by molar-refractivity contribution is -0.141. The number of hydrogen-bond donors (Lipinski definition) is 0. The summed E-state index contributed by atoms with van der Waals surface area (Å²) in [6.45, 7) is 14.3. The van der Waals surface area contributed by atoms with E-state index < -0.39 is 23.8 Å². The van der Waals surface area contributed by atoms with Gasteiger partial charge in [-0.05, 0) is 94.8 Å². The molecule has 0 amide bonds. The Kier molecular flexibility index (Phi) is 19.6. The van der Waals surface area contributed by atoms with Crippen LogP contribution in [-0.4, -0.2) is 37.1 Å². The summed E-state index contributed by atoms with van der Waals surface area (Å²) in [5, 5.41) is 20.4.